The van der Waals surface area contributed by atoms with Crippen LogP contribution in [0.25, 0.3) is 0 Å². The minimum Gasteiger partial charge on any atom is -0.490 e. The van der Waals surface area contributed by atoms with Crippen LogP contribution in [0.2, 0.25) is 0 Å². The summed E-state index contributed by atoms with van der Waals surface area (Å²) in [5, 5.41) is 3.31. The highest BCUT2D eigenvalue weighted by molar-refractivity contribution is 5.39. The van der Waals surface area contributed by atoms with Gasteiger partial charge in [0.2, 0.25) is 5.89 Å². The largest absolute Gasteiger partial charge is 0.490 e. The van der Waals surface area contributed by atoms with Crippen molar-refractivity contribution in [3.63, 3.8) is 0 Å². The number of aryl methyl sites for hydroxylation is 1. The SMILES string of the molecule is CCOc1ccccc1OCCNC(C)c1ncc(C)o1. The third kappa shape index (κ3) is 4.49. The van der Waals surface area contributed by atoms with Crippen LogP contribution >= 0.6 is 0 Å². The van der Waals surface area contributed by atoms with Crippen molar-refractivity contribution >= 4 is 0 Å². The molecule has 5 nitrogen and oxygen atoms in total. The molecule has 1 N–H and O–H groups in total. The van der Waals surface area contributed by atoms with Gasteiger partial charge in [-0.25, -0.2) is 4.98 Å². The molecule has 0 aliphatic rings. The van der Waals surface area contributed by atoms with Crippen LogP contribution in [0.4, 0.5) is 0 Å². The van der Waals surface area contributed by atoms with E-state index < -0.39 is 0 Å². The first-order chi connectivity index (χ1) is 10.2. The van der Waals surface area contributed by atoms with Crippen LogP contribution in [0.5, 0.6) is 11.5 Å². The van der Waals surface area contributed by atoms with Gasteiger partial charge in [0, 0.05) is 6.54 Å². The average Bonchev–Trinajstić information content (AvgIpc) is 2.92. The summed E-state index contributed by atoms with van der Waals surface area (Å²) >= 11 is 0. The molecular weight excluding hydrogens is 268 g/mol. The third-order valence-corrected chi connectivity index (χ3v) is 2.97. The van der Waals surface area contributed by atoms with Gasteiger partial charge in [-0.15, -0.1) is 0 Å². The number of para-hydroxylation sites is 2. The van der Waals surface area contributed by atoms with E-state index in [4.69, 9.17) is 13.9 Å². The third-order valence-electron chi connectivity index (χ3n) is 2.97. The van der Waals surface area contributed by atoms with Crippen molar-refractivity contribution in [1.29, 1.82) is 0 Å². The molecule has 1 unspecified atom stereocenters. The first-order valence-corrected chi connectivity index (χ1v) is 7.21. The first kappa shape index (κ1) is 15.4. The van der Waals surface area contributed by atoms with Crippen LogP contribution in [-0.2, 0) is 0 Å². The summed E-state index contributed by atoms with van der Waals surface area (Å²) in [6.45, 7) is 7.73. The minimum absolute atomic E-state index is 0.0597. The molecule has 0 radical (unpaired) electrons. The fourth-order valence-electron chi connectivity index (χ4n) is 1.94. The van der Waals surface area contributed by atoms with E-state index in [1.54, 1.807) is 6.20 Å². The number of oxazole rings is 1. The molecule has 1 atom stereocenters. The molecule has 2 rings (SSSR count). The molecule has 0 saturated heterocycles. The van der Waals surface area contributed by atoms with Gasteiger partial charge in [-0.05, 0) is 32.9 Å². The van der Waals surface area contributed by atoms with Gasteiger partial charge >= 0.3 is 0 Å². The van der Waals surface area contributed by atoms with Crippen LogP contribution in [0.15, 0.2) is 34.9 Å². The van der Waals surface area contributed by atoms with Crippen molar-refractivity contribution in [2.24, 2.45) is 0 Å². The van der Waals surface area contributed by atoms with E-state index >= 15 is 0 Å². The smallest absolute Gasteiger partial charge is 0.211 e. The summed E-state index contributed by atoms with van der Waals surface area (Å²) in [5.74, 6) is 3.06. The van der Waals surface area contributed by atoms with Crippen molar-refractivity contribution in [3.8, 4) is 11.5 Å². The van der Waals surface area contributed by atoms with E-state index in [0.29, 0.717) is 25.6 Å². The molecule has 1 aromatic carbocycles. The Bertz CT molecular complexity index is 554. The fourth-order valence-corrected chi connectivity index (χ4v) is 1.94. The highest BCUT2D eigenvalue weighted by Gasteiger charge is 2.10. The van der Waals surface area contributed by atoms with E-state index in [2.05, 4.69) is 10.3 Å². The Morgan fingerprint density at radius 3 is 2.57 bits per heavy atom. The quantitative estimate of drug-likeness (QED) is 0.757. The molecule has 0 amide bonds. The zero-order chi connectivity index (χ0) is 15.1. The lowest BCUT2D eigenvalue weighted by Crippen LogP contribution is -2.24. The first-order valence-electron chi connectivity index (χ1n) is 7.21. The number of ether oxygens (including phenoxy) is 2. The summed E-state index contributed by atoms with van der Waals surface area (Å²) in [6.07, 6.45) is 1.72. The maximum atomic E-state index is 5.74. The van der Waals surface area contributed by atoms with Crippen LogP contribution < -0.4 is 14.8 Å². The second kappa shape index (κ2) is 7.69. The van der Waals surface area contributed by atoms with Gasteiger partial charge in [0.15, 0.2) is 11.5 Å². The normalized spacial score (nSPS) is 12.1. The molecule has 0 fully saturated rings. The summed E-state index contributed by atoms with van der Waals surface area (Å²) in [5.41, 5.74) is 0. The van der Waals surface area contributed by atoms with Gasteiger partial charge in [-0.3, -0.25) is 0 Å². The average molecular weight is 290 g/mol. The molecule has 5 heteroatoms. The second-order valence-corrected chi connectivity index (χ2v) is 4.71. The van der Waals surface area contributed by atoms with Crippen LogP contribution in [-0.4, -0.2) is 24.7 Å². The Morgan fingerprint density at radius 1 is 1.24 bits per heavy atom. The van der Waals surface area contributed by atoms with Crippen LogP contribution in [0.3, 0.4) is 0 Å². The molecular formula is C16H22N2O3. The predicted molar refractivity (Wildman–Crippen MR) is 80.8 cm³/mol. The number of benzene rings is 1. The van der Waals surface area contributed by atoms with Crippen molar-refractivity contribution in [1.82, 2.24) is 10.3 Å². The maximum absolute atomic E-state index is 5.74. The van der Waals surface area contributed by atoms with E-state index in [1.807, 2.05) is 45.0 Å². The Hall–Kier alpha value is -2.01. The van der Waals surface area contributed by atoms with Crippen molar-refractivity contribution in [3.05, 3.63) is 42.1 Å². The highest BCUT2D eigenvalue weighted by Crippen LogP contribution is 2.26. The fraction of sp³-hybridized carbons (Fsp3) is 0.438. The lowest BCUT2D eigenvalue weighted by Gasteiger charge is -2.13. The van der Waals surface area contributed by atoms with E-state index in [-0.39, 0.29) is 6.04 Å². The van der Waals surface area contributed by atoms with Gasteiger partial charge in [-0.1, -0.05) is 12.1 Å². The van der Waals surface area contributed by atoms with E-state index in [1.165, 1.54) is 0 Å². The van der Waals surface area contributed by atoms with Crippen LogP contribution in [0, 0.1) is 6.92 Å². The molecule has 0 bridgehead atoms. The number of hydrogen-bond donors (Lipinski definition) is 1. The summed E-state index contributed by atoms with van der Waals surface area (Å²) in [6, 6.07) is 7.74. The Balaban J connectivity index is 1.77. The Labute approximate surface area is 125 Å². The van der Waals surface area contributed by atoms with Gasteiger partial charge in [0.05, 0.1) is 18.8 Å². The standard InChI is InChI=1S/C16H22N2O3/c1-4-19-14-7-5-6-8-15(14)20-10-9-17-13(3)16-18-11-12(2)21-16/h5-8,11,13,17H,4,9-10H2,1-3H3. The Kier molecular flexibility index (Phi) is 5.63. The van der Waals surface area contributed by atoms with Gasteiger partial charge in [0.1, 0.15) is 12.4 Å². The predicted octanol–water partition coefficient (Wildman–Crippen LogP) is 3.11. The second-order valence-electron chi connectivity index (χ2n) is 4.71. The number of hydrogen-bond acceptors (Lipinski definition) is 5. The van der Waals surface area contributed by atoms with Gasteiger partial charge in [0.25, 0.3) is 0 Å². The molecule has 0 aliphatic heterocycles. The summed E-state index contributed by atoms with van der Waals surface area (Å²) < 4.78 is 16.7. The molecule has 0 saturated carbocycles. The monoisotopic (exact) mass is 290 g/mol. The zero-order valence-electron chi connectivity index (χ0n) is 12.8. The van der Waals surface area contributed by atoms with E-state index in [0.717, 1.165) is 17.3 Å². The number of aromatic nitrogens is 1. The van der Waals surface area contributed by atoms with Crippen molar-refractivity contribution in [2.75, 3.05) is 19.8 Å². The maximum Gasteiger partial charge on any atom is 0.211 e. The summed E-state index contributed by atoms with van der Waals surface area (Å²) in [4.78, 5) is 4.20. The highest BCUT2D eigenvalue weighted by atomic mass is 16.5. The molecule has 114 valence electrons. The molecule has 1 heterocycles. The van der Waals surface area contributed by atoms with Crippen molar-refractivity contribution in [2.45, 2.75) is 26.8 Å². The Morgan fingerprint density at radius 2 is 1.95 bits per heavy atom. The molecule has 2 aromatic rings. The van der Waals surface area contributed by atoms with Gasteiger partial charge < -0.3 is 19.2 Å². The molecule has 0 spiro atoms. The molecule has 1 aromatic heterocycles. The van der Waals surface area contributed by atoms with Crippen LogP contribution in [0.1, 0.15) is 31.5 Å². The number of nitrogens with one attached hydrogen (secondary N) is 1. The molecule has 0 aliphatic carbocycles. The zero-order valence-corrected chi connectivity index (χ0v) is 12.8. The topological polar surface area (TPSA) is 56.5 Å². The minimum atomic E-state index is 0.0597. The lowest BCUT2D eigenvalue weighted by molar-refractivity contribution is 0.269. The lowest BCUT2D eigenvalue weighted by atomic mass is 10.3. The van der Waals surface area contributed by atoms with Gasteiger partial charge in [-0.2, -0.15) is 0 Å². The molecule has 21 heavy (non-hydrogen) atoms. The number of rotatable bonds is 8. The summed E-state index contributed by atoms with van der Waals surface area (Å²) in [7, 11) is 0. The number of nitrogens with zero attached hydrogens (tertiary/aromatic N) is 1. The van der Waals surface area contributed by atoms with E-state index in [9.17, 15) is 0 Å². The van der Waals surface area contributed by atoms with Crippen molar-refractivity contribution < 1.29 is 13.9 Å².